The smallest absolute Gasteiger partial charge is 0.289 e. The van der Waals surface area contributed by atoms with Crippen LogP contribution in [0, 0.1) is 0 Å². The molecule has 6 heteroatoms. The second kappa shape index (κ2) is 7.54. The van der Waals surface area contributed by atoms with Gasteiger partial charge in [-0.15, -0.1) is 0 Å². The van der Waals surface area contributed by atoms with Gasteiger partial charge in [-0.2, -0.15) is 0 Å². The van der Waals surface area contributed by atoms with Gasteiger partial charge in [0, 0.05) is 61.7 Å². The van der Waals surface area contributed by atoms with Gasteiger partial charge in [0.15, 0.2) is 11.5 Å². The molecular weight excluding hydrogens is 378 g/mol. The van der Waals surface area contributed by atoms with Crippen molar-refractivity contribution in [1.82, 2.24) is 14.8 Å². The summed E-state index contributed by atoms with van der Waals surface area (Å²) in [5.74, 6) is 1.11. The number of amides is 1. The predicted molar refractivity (Wildman–Crippen MR) is 113 cm³/mol. The van der Waals surface area contributed by atoms with Crippen molar-refractivity contribution in [2.45, 2.75) is 12.8 Å². The third kappa shape index (κ3) is 3.33. The second-order valence-electron chi connectivity index (χ2n) is 7.98. The Morgan fingerprint density at radius 2 is 1.70 bits per heavy atom. The Hall–Kier alpha value is -3.25. The molecule has 1 saturated heterocycles. The molecule has 1 aromatic carbocycles. The predicted octanol–water partition coefficient (Wildman–Crippen LogP) is 3.53. The largest absolute Gasteiger partial charge is 0.450 e. The molecule has 1 aliphatic carbocycles. The summed E-state index contributed by atoms with van der Waals surface area (Å²) in [5.41, 5.74) is 4.55. The van der Waals surface area contributed by atoms with Gasteiger partial charge in [-0.25, -0.2) is 0 Å². The number of likely N-dealkylation sites (N-methyl/N-ethyl adjacent to an activating group) is 1. The van der Waals surface area contributed by atoms with Crippen molar-refractivity contribution in [3.63, 3.8) is 0 Å². The van der Waals surface area contributed by atoms with E-state index in [1.54, 1.807) is 12.4 Å². The van der Waals surface area contributed by atoms with E-state index in [1.807, 2.05) is 35.2 Å². The fraction of sp³-hybridized carbons (Fsp3) is 0.292. The summed E-state index contributed by atoms with van der Waals surface area (Å²) in [5, 5.41) is 0. The fourth-order valence-corrected chi connectivity index (χ4v) is 4.22. The average molecular weight is 401 g/mol. The maximum atomic E-state index is 13.1. The average Bonchev–Trinajstić information content (AvgIpc) is 3.38. The van der Waals surface area contributed by atoms with E-state index in [2.05, 4.69) is 23.0 Å². The first-order valence-electron chi connectivity index (χ1n) is 10.3. The highest BCUT2D eigenvalue weighted by molar-refractivity contribution is 6.01. The Labute approximate surface area is 175 Å². The molecule has 1 fully saturated rings. The molecule has 2 aromatic heterocycles. The van der Waals surface area contributed by atoms with Crippen molar-refractivity contribution in [2.75, 3.05) is 33.2 Å². The molecule has 5 rings (SSSR count). The molecule has 3 aromatic rings. The van der Waals surface area contributed by atoms with Gasteiger partial charge in [0.2, 0.25) is 0 Å². The van der Waals surface area contributed by atoms with Crippen LogP contribution in [-0.4, -0.2) is 59.7 Å². The standard InChI is InChI=1S/C24H23N3O3/c1-26-10-12-27(13-11-26)24(29)22-15-20(23(30-22)16-6-8-25-9-7-16)18-2-4-19-17(14-18)3-5-21(19)28/h2,4,6-9,14-15H,3,5,10-13H2,1H3. The van der Waals surface area contributed by atoms with E-state index in [0.717, 1.165) is 47.3 Å². The minimum Gasteiger partial charge on any atom is -0.450 e. The van der Waals surface area contributed by atoms with E-state index in [1.165, 1.54) is 0 Å². The van der Waals surface area contributed by atoms with E-state index in [-0.39, 0.29) is 11.7 Å². The third-order valence-electron chi connectivity index (χ3n) is 6.01. The van der Waals surface area contributed by atoms with Crippen LogP contribution in [0.4, 0.5) is 0 Å². The normalized spacial score (nSPS) is 16.7. The first kappa shape index (κ1) is 18.8. The molecule has 0 atom stereocenters. The summed E-state index contributed by atoms with van der Waals surface area (Å²) >= 11 is 0. The number of carbonyl (C=O) groups excluding carboxylic acids is 2. The van der Waals surface area contributed by atoms with E-state index in [9.17, 15) is 9.59 Å². The van der Waals surface area contributed by atoms with Gasteiger partial charge in [-0.05, 0) is 42.8 Å². The van der Waals surface area contributed by atoms with Crippen molar-refractivity contribution in [1.29, 1.82) is 0 Å². The van der Waals surface area contributed by atoms with Gasteiger partial charge in [-0.1, -0.05) is 18.2 Å². The molecule has 0 radical (unpaired) electrons. The lowest BCUT2D eigenvalue weighted by atomic mass is 9.98. The van der Waals surface area contributed by atoms with Crippen molar-refractivity contribution in [2.24, 2.45) is 0 Å². The number of fused-ring (bicyclic) bond motifs is 1. The van der Waals surface area contributed by atoms with E-state index in [0.29, 0.717) is 31.0 Å². The Morgan fingerprint density at radius 1 is 0.933 bits per heavy atom. The number of Topliss-reactive ketones (excluding diaryl/α,β-unsaturated/α-hetero) is 1. The highest BCUT2D eigenvalue weighted by atomic mass is 16.4. The molecule has 0 spiro atoms. The van der Waals surface area contributed by atoms with E-state index >= 15 is 0 Å². The molecule has 152 valence electrons. The topological polar surface area (TPSA) is 66.7 Å². The van der Waals surface area contributed by atoms with Gasteiger partial charge in [0.05, 0.1) is 0 Å². The van der Waals surface area contributed by atoms with Gasteiger partial charge in [0.1, 0.15) is 5.76 Å². The monoisotopic (exact) mass is 401 g/mol. The Bertz CT molecular complexity index is 1110. The Morgan fingerprint density at radius 3 is 2.47 bits per heavy atom. The number of aryl methyl sites for hydroxylation is 1. The summed E-state index contributed by atoms with van der Waals surface area (Å²) in [6, 6.07) is 11.5. The summed E-state index contributed by atoms with van der Waals surface area (Å²) < 4.78 is 6.14. The lowest BCUT2D eigenvalue weighted by molar-refractivity contribution is 0.0633. The van der Waals surface area contributed by atoms with Crippen LogP contribution in [0.5, 0.6) is 0 Å². The fourth-order valence-electron chi connectivity index (χ4n) is 4.22. The molecule has 3 heterocycles. The van der Waals surface area contributed by atoms with Crippen molar-refractivity contribution in [3.8, 4) is 22.5 Å². The summed E-state index contributed by atoms with van der Waals surface area (Å²) in [4.78, 5) is 33.3. The number of piperazine rings is 1. The van der Waals surface area contributed by atoms with E-state index in [4.69, 9.17) is 4.42 Å². The Kier molecular flexibility index (Phi) is 4.71. The number of pyridine rings is 1. The lowest BCUT2D eigenvalue weighted by Gasteiger charge is -2.31. The molecule has 1 aliphatic heterocycles. The molecule has 6 nitrogen and oxygen atoms in total. The number of hydrogen-bond donors (Lipinski definition) is 0. The molecule has 30 heavy (non-hydrogen) atoms. The van der Waals surface area contributed by atoms with Crippen LogP contribution in [0.2, 0.25) is 0 Å². The van der Waals surface area contributed by atoms with Crippen LogP contribution in [0.15, 0.2) is 53.2 Å². The lowest BCUT2D eigenvalue weighted by Crippen LogP contribution is -2.47. The first-order valence-corrected chi connectivity index (χ1v) is 10.3. The van der Waals surface area contributed by atoms with Crippen LogP contribution in [0.1, 0.15) is 32.9 Å². The summed E-state index contributed by atoms with van der Waals surface area (Å²) in [6.07, 6.45) is 4.75. The zero-order chi connectivity index (χ0) is 20.7. The van der Waals surface area contributed by atoms with Crippen LogP contribution in [-0.2, 0) is 6.42 Å². The number of aromatic nitrogens is 1. The minimum absolute atomic E-state index is 0.0824. The van der Waals surface area contributed by atoms with Gasteiger partial charge in [0.25, 0.3) is 5.91 Å². The number of rotatable bonds is 3. The van der Waals surface area contributed by atoms with Crippen molar-refractivity contribution >= 4 is 11.7 Å². The van der Waals surface area contributed by atoms with Gasteiger partial charge in [-0.3, -0.25) is 14.6 Å². The zero-order valence-corrected chi connectivity index (χ0v) is 16.9. The molecule has 2 aliphatic rings. The number of benzene rings is 1. The maximum absolute atomic E-state index is 13.1. The van der Waals surface area contributed by atoms with Crippen LogP contribution < -0.4 is 0 Å². The van der Waals surface area contributed by atoms with Crippen molar-refractivity contribution < 1.29 is 14.0 Å². The van der Waals surface area contributed by atoms with Crippen molar-refractivity contribution in [3.05, 3.63) is 65.7 Å². The summed E-state index contributed by atoms with van der Waals surface area (Å²) in [7, 11) is 2.06. The Balaban J connectivity index is 1.56. The summed E-state index contributed by atoms with van der Waals surface area (Å²) in [6.45, 7) is 3.10. The van der Waals surface area contributed by atoms with E-state index < -0.39 is 0 Å². The number of furan rings is 1. The highest BCUT2D eigenvalue weighted by Gasteiger charge is 2.27. The van der Waals surface area contributed by atoms with Gasteiger partial charge < -0.3 is 14.2 Å². The second-order valence-corrected chi connectivity index (χ2v) is 7.98. The number of nitrogens with zero attached hydrogens (tertiary/aromatic N) is 3. The van der Waals surface area contributed by atoms with Gasteiger partial charge >= 0.3 is 0 Å². The van der Waals surface area contributed by atoms with Crippen LogP contribution >= 0.6 is 0 Å². The number of hydrogen-bond acceptors (Lipinski definition) is 5. The zero-order valence-electron chi connectivity index (χ0n) is 16.9. The first-order chi connectivity index (χ1) is 14.6. The highest BCUT2D eigenvalue weighted by Crippen LogP contribution is 2.37. The number of carbonyl (C=O) groups is 2. The van der Waals surface area contributed by atoms with Crippen LogP contribution in [0.25, 0.3) is 22.5 Å². The molecule has 0 N–H and O–H groups in total. The molecule has 0 saturated carbocycles. The molecule has 0 bridgehead atoms. The number of ketones is 1. The SMILES string of the molecule is CN1CCN(C(=O)c2cc(-c3ccc4c(c3)CCC4=O)c(-c3ccncc3)o2)CC1. The quantitative estimate of drug-likeness (QED) is 0.672. The van der Waals surface area contributed by atoms with Crippen LogP contribution in [0.3, 0.4) is 0 Å². The molecule has 0 unspecified atom stereocenters. The third-order valence-corrected chi connectivity index (χ3v) is 6.01. The maximum Gasteiger partial charge on any atom is 0.289 e. The molecular formula is C24H23N3O3. The minimum atomic E-state index is -0.0824. The molecule has 1 amide bonds.